The number of nitrogens with two attached hydrogens (primary N) is 1. The lowest BCUT2D eigenvalue weighted by Crippen LogP contribution is -1.90. The van der Waals surface area contributed by atoms with E-state index >= 15 is 0 Å². The standard InChI is InChI=1S/C5H8N2O3/c1-8-3-4(6)7-10-5(3)9-2/h1-2H3,(H2,6,7). The van der Waals surface area contributed by atoms with Crippen molar-refractivity contribution in [3.8, 4) is 11.7 Å². The van der Waals surface area contributed by atoms with E-state index in [0.717, 1.165) is 0 Å². The van der Waals surface area contributed by atoms with Crippen LogP contribution in [0.1, 0.15) is 0 Å². The summed E-state index contributed by atoms with van der Waals surface area (Å²) < 4.78 is 14.1. The van der Waals surface area contributed by atoms with Crippen molar-refractivity contribution < 1.29 is 14.0 Å². The van der Waals surface area contributed by atoms with Gasteiger partial charge in [0.05, 0.1) is 14.2 Å². The van der Waals surface area contributed by atoms with Gasteiger partial charge in [0.25, 0.3) is 0 Å². The third kappa shape index (κ3) is 0.854. The monoisotopic (exact) mass is 144 g/mol. The second-order valence-electron chi connectivity index (χ2n) is 1.59. The quantitative estimate of drug-likeness (QED) is 0.645. The molecule has 1 heterocycles. The van der Waals surface area contributed by atoms with Crippen LogP contribution in [-0.4, -0.2) is 19.4 Å². The van der Waals surface area contributed by atoms with Gasteiger partial charge in [-0.3, -0.25) is 0 Å². The number of hydrogen-bond donors (Lipinski definition) is 1. The van der Waals surface area contributed by atoms with E-state index in [0.29, 0.717) is 5.75 Å². The molecular weight excluding hydrogens is 136 g/mol. The molecule has 10 heavy (non-hydrogen) atoms. The van der Waals surface area contributed by atoms with Crippen LogP contribution in [-0.2, 0) is 0 Å². The lowest BCUT2D eigenvalue weighted by atomic mass is 10.6. The van der Waals surface area contributed by atoms with Gasteiger partial charge < -0.3 is 19.7 Å². The van der Waals surface area contributed by atoms with Gasteiger partial charge >= 0.3 is 5.95 Å². The first-order chi connectivity index (χ1) is 4.79. The van der Waals surface area contributed by atoms with Crippen LogP contribution >= 0.6 is 0 Å². The number of methoxy groups -OCH3 is 2. The first-order valence-electron chi connectivity index (χ1n) is 2.62. The van der Waals surface area contributed by atoms with Crippen molar-refractivity contribution in [2.75, 3.05) is 20.0 Å². The van der Waals surface area contributed by atoms with Gasteiger partial charge in [-0.05, 0) is 0 Å². The first kappa shape index (κ1) is 6.73. The van der Waals surface area contributed by atoms with Crippen LogP contribution in [0.2, 0.25) is 0 Å². The molecule has 0 saturated heterocycles. The van der Waals surface area contributed by atoms with Crippen molar-refractivity contribution in [2.24, 2.45) is 0 Å². The zero-order valence-corrected chi connectivity index (χ0v) is 5.75. The molecule has 0 saturated carbocycles. The Hall–Kier alpha value is -1.39. The highest BCUT2D eigenvalue weighted by atomic mass is 16.6. The van der Waals surface area contributed by atoms with Crippen LogP contribution in [0.4, 0.5) is 5.82 Å². The highest BCUT2D eigenvalue weighted by Crippen LogP contribution is 2.31. The summed E-state index contributed by atoms with van der Waals surface area (Å²) in [4.78, 5) is 0. The normalized spacial score (nSPS) is 9.40. The number of anilines is 1. The number of nitrogen functional groups attached to an aromatic ring is 1. The molecule has 0 aliphatic heterocycles. The highest BCUT2D eigenvalue weighted by molar-refractivity contribution is 5.50. The fourth-order valence-corrected chi connectivity index (χ4v) is 0.596. The van der Waals surface area contributed by atoms with Gasteiger partial charge in [-0.2, -0.15) is 0 Å². The van der Waals surface area contributed by atoms with E-state index < -0.39 is 0 Å². The minimum atomic E-state index is 0.194. The molecular formula is C5H8N2O3. The summed E-state index contributed by atoms with van der Waals surface area (Å²) in [6, 6.07) is 0. The average molecular weight is 144 g/mol. The molecule has 0 unspecified atom stereocenters. The Balaban J connectivity index is 3.01. The largest absolute Gasteiger partial charge is 0.487 e. The lowest BCUT2D eigenvalue weighted by Gasteiger charge is -1.95. The average Bonchev–Trinajstić information content (AvgIpc) is 2.30. The number of ether oxygens (including phenoxy) is 2. The third-order valence-corrected chi connectivity index (χ3v) is 1.03. The fraction of sp³-hybridized carbons (Fsp3) is 0.400. The van der Waals surface area contributed by atoms with Gasteiger partial charge in [-0.15, -0.1) is 0 Å². The molecule has 0 fully saturated rings. The molecule has 0 aliphatic rings. The Morgan fingerprint density at radius 3 is 2.50 bits per heavy atom. The van der Waals surface area contributed by atoms with E-state index in [2.05, 4.69) is 9.68 Å². The SMILES string of the molecule is COc1onc(N)c1OC. The summed E-state index contributed by atoms with van der Waals surface area (Å²) in [5.74, 6) is 0.724. The van der Waals surface area contributed by atoms with Crippen LogP contribution in [0.3, 0.4) is 0 Å². The van der Waals surface area contributed by atoms with Crippen LogP contribution in [0, 0.1) is 0 Å². The molecule has 0 amide bonds. The smallest absolute Gasteiger partial charge is 0.356 e. The lowest BCUT2D eigenvalue weighted by molar-refractivity contribution is 0.246. The molecule has 0 spiro atoms. The number of aromatic nitrogens is 1. The number of hydrogen-bond acceptors (Lipinski definition) is 5. The minimum absolute atomic E-state index is 0.194. The molecule has 2 N–H and O–H groups in total. The number of nitrogens with zero attached hydrogens (tertiary/aromatic N) is 1. The van der Waals surface area contributed by atoms with Crippen LogP contribution < -0.4 is 15.2 Å². The molecule has 0 aromatic carbocycles. The van der Waals surface area contributed by atoms with Crippen molar-refractivity contribution >= 4 is 5.82 Å². The predicted molar refractivity (Wildman–Crippen MR) is 34.0 cm³/mol. The van der Waals surface area contributed by atoms with Gasteiger partial charge in [0.2, 0.25) is 11.6 Å². The predicted octanol–water partition coefficient (Wildman–Crippen LogP) is 0.274. The van der Waals surface area contributed by atoms with Gasteiger partial charge in [-0.1, -0.05) is 5.16 Å². The van der Waals surface area contributed by atoms with Crippen molar-refractivity contribution in [1.29, 1.82) is 0 Å². The second-order valence-corrected chi connectivity index (χ2v) is 1.59. The molecule has 5 nitrogen and oxygen atoms in total. The minimum Gasteiger partial charge on any atom is -0.487 e. The van der Waals surface area contributed by atoms with Crippen LogP contribution in [0.25, 0.3) is 0 Å². The molecule has 0 atom stereocenters. The van der Waals surface area contributed by atoms with Crippen molar-refractivity contribution in [2.45, 2.75) is 0 Å². The summed E-state index contributed by atoms with van der Waals surface area (Å²) in [5.41, 5.74) is 5.32. The van der Waals surface area contributed by atoms with Gasteiger partial charge in [0.1, 0.15) is 0 Å². The second kappa shape index (κ2) is 2.47. The maximum absolute atomic E-state index is 5.32. The van der Waals surface area contributed by atoms with Crippen molar-refractivity contribution in [3.63, 3.8) is 0 Å². The molecule has 1 rings (SSSR count). The summed E-state index contributed by atoms with van der Waals surface area (Å²) in [6.07, 6.45) is 0. The van der Waals surface area contributed by atoms with E-state index in [1.807, 2.05) is 0 Å². The maximum atomic E-state index is 5.32. The van der Waals surface area contributed by atoms with Crippen molar-refractivity contribution in [1.82, 2.24) is 5.16 Å². The van der Waals surface area contributed by atoms with E-state index in [-0.39, 0.29) is 11.8 Å². The molecule has 0 radical (unpaired) electrons. The molecule has 56 valence electrons. The van der Waals surface area contributed by atoms with E-state index in [4.69, 9.17) is 15.2 Å². The zero-order valence-electron chi connectivity index (χ0n) is 5.75. The highest BCUT2D eigenvalue weighted by Gasteiger charge is 2.13. The summed E-state index contributed by atoms with van der Waals surface area (Å²) in [5, 5.41) is 3.41. The van der Waals surface area contributed by atoms with E-state index in [1.54, 1.807) is 0 Å². The Labute approximate surface area is 57.7 Å². The van der Waals surface area contributed by atoms with Crippen LogP contribution in [0.5, 0.6) is 11.7 Å². The topological polar surface area (TPSA) is 70.5 Å². The van der Waals surface area contributed by atoms with E-state index in [1.165, 1.54) is 14.2 Å². The van der Waals surface area contributed by atoms with Crippen LogP contribution in [0.15, 0.2) is 4.52 Å². The van der Waals surface area contributed by atoms with Gasteiger partial charge in [0.15, 0.2) is 0 Å². The summed E-state index contributed by atoms with van der Waals surface area (Å²) in [6.45, 7) is 0. The Morgan fingerprint density at radius 1 is 1.40 bits per heavy atom. The Morgan fingerprint density at radius 2 is 2.10 bits per heavy atom. The maximum Gasteiger partial charge on any atom is 0.356 e. The molecule has 5 heteroatoms. The van der Waals surface area contributed by atoms with E-state index in [9.17, 15) is 0 Å². The molecule has 1 aromatic heterocycles. The molecule has 1 aromatic rings. The zero-order chi connectivity index (χ0) is 7.56. The molecule has 0 bridgehead atoms. The Bertz CT molecular complexity index is 221. The Kier molecular flexibility index (Phi) is 1.66. The first-order valence-corrected chi connectivity index (χ1v) is 2.62. The number of rotatable bonds is 2. The fourth-order valence-electron chi connectivity index (χ4n) is 0.596. The third-order valence-electron chi connectivity index (χ3n) is 1.03. The van der Waals surface area contributed by atoms with Gasteiger partial charge in [-0.25, -0.2) is 0 Å². The van der Waals surface area contributed by atoms with Gasteiger partial charge in [0, 0.05) is 0 Å². The summed E-state index contributed by atoms with van der Waals surface area (Å²) in [7, 11) is 2.91. The van der Waals surface area contributed by atoms with Crippen molar-refractivity contribution in [3.05, 3.63) is 0 Å². The summed E-state index contributed by atoms with van der Waals surface area (Å²) >= 11 is 0. The molecule has 0 aliphatic carbocycles.